The summed E-state index contributed by atoms with van der Waals surface area (Å²) < 4.78 is 11.8. The Morgan fingerprint density at radius 1 is 1.12 bits per heavy atom. The number of hydrogen-bond acceptors (Lipinski definition) is 10. The minimum Gasteiger partial charge on any atom is -0.616 e. The average Bonchev–Trinajstić information content (AvgIpc) is 2.83. The van der Waals surface area contributed by atoms with Crippen LogP contribution in [0.25, 0.3) is 0 Å². The van der Waals surface area contributed by atoms with E-state index >= 15 is 0 Å². The summed E-state index contributed by atoms with van der Waals surface area (Å²) in [5.74, 6) is 1.53. The Labute approximate surface area is 192 Å². The summed E-state index contributed by atoms with van der Waals surface area (Å²) in [7, 11) is 0. The number of thioether (sulfide) groups is 1. The molecule has 0 N–H and O–H groups in total. The third-order valence-corrected chi connectivity index (χ3v) is 7.38. The van der Waals surface area contributed by atoms with Gasteiger partial charge in [-0.3, -0.25) is 19.9 Å². The number of anilines is 2. The van der Waals surface area contributed by atoms with Crippen molar-refractivity contribution in [3.8, 4) is 0 Å². The van der Waals surface area contributed by atoms with Crippen molar-refractivity contribution in [3.63, 3.8) is 0 Å². The Hall–Kier alpha value is -2.64. The highest BCUT2D eigenvalue weighted by molar-refractivity contribution is 7.98. The molecular formula is C19H23N7O4S2. The highest BCUT2D eigenvalue weighted by Gasteiger charge is 2.33. The Balaban J connectivity index is 1.55. The number of carbonyl (C=O) groups is 1. The van der Waals surface area contributed by atoms with E-state index in [-0.39, 0.29) is 17.4 Å². The minimum atomic E-state index is -0.906. The standard InChI is InChI=1S/C19H23N7O4S2/c1-31-17-15(26(28)29)16(23-9-11-32(30)12-10-23)21-19(22-17)25-7-5-24(6-8-25)18(27)14-3-2-4-20-13-14/h2-4,13H,5-12H2,1H3. The van der Waals surface area contributed by atoms with Gasteiger partial charge in [0.1, 0.15) is 11.5 Å². The van der Waals surface area contributed by atoms with E-state index in [0.717, 1.165) is 0 Å². The molecule has 2 aromatic heterocycles. The zero-order chi connectivity index (χ0) is 22.7. The number of aromatic nitrogens is 3. The van der Waals surface area contributed by atoms with Crippen molar-refractivity contribution >= 4 is 46.3 Å². The van der Waals surface area contributed by atoms with E-state index < -0.39 is 16.1 Å². The number of piperazine rings is 1. The third kappa shape index (κ3) is 4.74. The highest BCUT2D eigenvalue weighted by Crippen LogP contribution is 2.36. The molecule has 2 saturated heterocycles. The van der Waals surface area contributed by atoms with E-state index in [1.807, 2.05) is 9.80 Å². The molecule has 0 atom stereocenters. The molecule has 4 rings (SSSR count). The lowest BCUT2D eigenvalue weighted by molar-refractivity contribution is -0.387. The smallest absolute Gasteiger partial charge is 0.343 e. The lowest BCUT2D eigenvalue weighted by Crippen LogP contribution is -2.49. The molecule has 32 heavy (non-hydrogen) atoms. The Morgan fingerprint density at radius 3 is 2.44 bits per heavy atom. The van der Waals surface area contributed by atoms with Crippen LogP contribution >= 0.6 is 11.8 Å². The van der Waals surface area contributed by atoms with E-state index in [1.165, 1.54) is 11.8 Å². The summed E-state index contributed by atoms with van der Waals surface area (Å²) in [6, 6.07) is 3.47. The predicted octanol–water partition coefficient (Wildman–Crippen LogP) is 1.03. The number of nitrogens with zero attached hydrogens (tertiary/aromatic N) is 7. The van der Waals surface area contributed by atoms with Crippen molar-refractivity contribution in [3.05, 3.63) is 40.2 Å². The van der Waals surface area contributed by atoms with E-state index in [0.29, 0.717) is 67.3 Å². The first kappa shape index (κ1) is 22.6. The van der Waals surface area contributed by atoms with Gasteiger partial charge in [-0.05, 0) is 18.4 Å². The second kappa shape index (κ2) is 9.88. The van der Waals surface area contributed by atoms with Crippen LogP contribution in [0.3, 0.4) is 0 Å². The Bertz CT molecular complexity index is 981. The molecular weight excluding hydrogens is 454 g/mol. The number of carbonyl (C=O) groups excluding carboxylic acids is 1. The molecule has 4 heterocycles. The van der Waals surface area contributed by atoms with Gasteiger partial charge >= 0.3 is 5.69 Å². The molecule has 0 aliphatic carbocycles. The van der Waals surface area contributed by atoms with Crippen LogP contribution in [-0.4, -0.2) is 92.3 Å². The molecule has 0 spiro atoms. The van der Waals surface area contributed by atoms with Crippen LogP contribution in [0.2, 0.25) is 0 Å². The summed E-state index contributed by atoms with van der Waals surface area (Å²) in [6.45, 7) is 2.90. The van der Waals surface area contributed by atoms with Crippen LogP contribution in [0, 0.1) is 10.1 Å². The van der Waals surface area contributed by atoms with Crippen molar-refractivity contribution < 1.29 is 14.3 Å². The van der Waals surface area contributed by atoms with Crippen LogP contribution in [0.15, 0.2) is 29.6 Å². The van der Waals surface area contributed by atoms with Gasteiger partial charge in [-0.1, -0.05) is 11.2 Å². The number of pyridine rings is 1. The predicted molar refractivity (Wildman–Crippen MR) is 123 cm³/mol. The maximum Gasteiger partial charge on any atom is 0.343 e. The number of nitro groups is 1. The van der Waals surface area contributed by atoms with Crippen molar-refractivity contribution in [2.75, 3.05) is 66.8 Å². The number of hydrogen-bond donors (Lipinski definition) is 0. The molecule has 2 fully saturated rings. The monoisotopic (exact) mass is 477 g/mol. The maximum absolute atomic E-state index is 12.7. The zero-order valence-electron chi connectivity index (χ0n) is 17.5. The Morgan fingerprint density at radius 2 is 1.84 bits per heavy atom. The van der Waals surface area contributed by atoms with Gasteiger partial charge in [0.25, 0.3) is 5.91 Å². The summed E-state index contributed by atoms with van der Waals surface area (Å²) in [4.78, 5) is 42.6. The SMILES string of the molecule is CSc1nc(N2CCN(C(=O)c3cccnc3)CC2)nc(N2CC[S+]([O-])CC2)c1[N+](=O)[O-]. The lowest BCUT2D eigenvalue weighted by Gasteiger charge is -2.35. The number of rotatable bonds is 5. The van der Waals surface area contributed by atoms with Crippen LogP contribution in [0.4, 0.5) is 17.5 Å². The lowest BCUT2D eigenvalue weighted by atomic mass is 10.2. The minimum absolute atomic E-state index is 0.0748. The van der Waals surface area contributed by atoms with Crippen molar-refractivity contribution in [2.24, 2.45) is 0 Å². The van der Waals surface area contributed by atoms with Crippen LogP contribution in [0.1, 0.15) is 10.4 Å². The van der Waals surface area contributed by atoms with Gasteiger partial charge in [-0.25, -0.2) is 0 Å². The molecule has 0 bridgehead atoms. The first-order valence-electron chi connectivity index (χ1n) is 10.1. The van der Waals surface area contributed by atoms with E-state index in [4.69, 9.17) is 0 Å². The van der Waals surface area contributed by atoms with Gasteiger partial charge in [-0.15, -0.1) is 11.8 Å². The van der Waals surface area contributed by atoms with Crippen LogP contribution in [0.5, 0.6) is 0 Å². The van der Waals surface area contributed by atoms with Crippen LogP contribution < -0.4 is 9.80 Å². The molecule has 0 radical (unpaired) electrons. The molecule has 2 aliphatic rings. The molecule has 0 saturated carbocycles. The molecule has 170 valence electrons. The quantitative estimate of drug-likeness (QED) is 0.202. The number of amides is 1. The fraction of sp³-hybridized carbons (Fsp3) is 0.474. The molecule has 2 aromatic rings. The maximum atomic E-state index is 12.7. The largest absolute Gasteiger partial charge is 0.616 e. The van der Waals surface area contributed by atoms with Gasteiger partial charge in [0.15, 0.2) is 5.03 Å². The molecule has 2 aliphatic heterocycles. The second-order valence-corrected chi connectivity index (χ2v) is 9.81. The molecule has 11 nitrogen and oxygen atoms in total. The summed E-state index contributed by atoms with van der Waals surface area (Å²) in [5.41, 5.74) is 0.432. The van der Waals surface area contributed by atoms with E-state index in [9.17, 15) is 19.5 Å². The fourth-order valence-electron chi connectivity index (χ4n) is 3.71. The molecule has 1 amide bonds. The van der Waals surface area contributed by atoms with Gasteiger partial charge in [0.2, 0.25) is 11.8 Å². The summed E-state index contributed by atoms with van der Waals surface area (Å²) in [6.07, 6.45) is 4.93. The van der Waals surface area contributed by atoms with Gasteiger partial charge in [0.05, 0.1) is 23.6 Å². The van der Waals surface area contributed by atoms with Crippen molar-refractivity contribution in [1.29, 1.82) is 0 Å². The van der Waals surface area contributed by atoms with Crippen LogP contribution in [-0.2, 0) is 11.2 Å². The van der Waals surface area contributed by atoms with Gasteiger partial charge < -0.3 is 19.3 Å². The van der Waals surface area contributed by atoms with Crippen molar-refractivity contribution in [2.45, 2.75) is 5.03 Å². The highest BCUT2D eigenvalue weighted by atomic mass is 32.2. The third-order valence-electron chi connectivity index (χ3n) is 5.43. The van der Waals surface area contributed by atoms with E-state index in [1.54, 1.807) is 35.7 Å². The first-order valence-corrected chi connectivity index (χ1v) is 12.8. The summed E-state index contributed by atoms with van der Waals surface area (Å²) >= 11 is 0.300. The summed E-state index contributed by atoms with van der Waals surface area (Å²) in [5, 5.41) is 12.1. The first-order chi connectivity index (χ1) is 15.5. The average molecular weight is 478 g/mol. The Kier molecular flexibility index (Phi) is 6.96. The fourth-order valence-corrected chi connectivity index (χ4v) is 5.29. The van der Waals surface area contributed by atoms with Gasteiger partial charge in [0, 0.05) is 38.6 Å². The second-order valence-electron chi connectivity index (χ2n) is 7.32. The normalized spacial score (nSPS) is 17.5. The molecule has 13 heteroatoms. The topological polar surface area (TPSA) is 132 Å². The van der Waals surface area contributed by atoms with Gasteiger partial charge in [-0.2, -0.15) is 9.97 Å². The molecule has 0 aromatic carbocycles. The van der Waals surface area contributed by atoms with Crippen molar-refractivity contribution in [1.82, 2.24) is 19.9 Å². The molecule has 0 unspecified atom stereocenters. The van der Waals surface area contributed by atoms with E-state index in [2.05, 4.69) is 15.0 Å². The zero-order valence-corrected chi connectivity index (χ0v) is 19.2.